The maximum Gasteiger partial charge on any atom is 0.355 e. The third kappa shape index (κ3) is 1.93. The highest BCUT2D eigenvalue weighted by Crippen LogP contribution is 2.38. The third-order valence-corrected chi connectivity index (χ3v) is 2.99. The highest BCUT2D eigenvalue weighted by molar-refractivity contribution is 5.74. The van der Waals surface area contributed by atoms with Gasteiger partial charge in [0.05, 0.1) is 16.9 Å². The maximum atomic E-state index is 13.4. The van der Waals surface area contributed by atoms with Crippen molar-refractivity contribution < 1.29 is 14.1 Å². The van der Waals surface area contributed by atoms with Crippen LogP contribution in [0.15, 0.2) is 48.3 Å². The summed E-state index contributed by atoms with van der Waals surface area (Å²) < 4.78 is 18.4. The van der Waals surface area contributed by atoms with Crippen molar-refractivity contribution in [3.8, 4) is 0 Å². The minimum Gasteiger partial charge on any atom is -0.314 e. The van der Waals surface area contributed by atoms with E-state index in [4.69, 9.17) is 4.74 Å². The molecule has 5 heteroatoms. The van der Waals surface area contributed by atoms with Crippen molar-refractivity contribution in [2.75, 3.05) is 7.11 Å². The minimum atomic E-state index is -1.71. The highest BCUT2D eigenvalue weighted by Gasteiger charge is 2.48. The molecular weight excluding hydrogens is 237 g/mol. The molecule has 1 unspecified atom stereocenters. The van der Waals surface area contributed by atoms with Crippen LogP contribution in [0.3, 0.4) is 0 Å². The van der Waals surface area contributed by atoms with E-state index in [0.717, 1.165) is 6.08 Å². The fourth-order valence-electron chi connectivity index (χ4n) is 2.02. The van der Waals surface area contributed by atoms with Crippen molar-refractivity contribution in [1.29, 1.82) is 0 Å². The molecule has 1 aliphatic carbocycles. The van der Waals surface area contributed by atoms with Gasteiger partial charge in [0.15, 0.2) is 0 Å². The summed E-state index contributed by atoms with van der Waals surface area (Å²) in [4.78, 5) is 10.8. The maximum absolute atomic E-state index is 13.4. The summed E-state index contributed by atoms with van der Waals surface area (Å²) in [5.41, 5.74) is -0.897. The average Bonchev–Trinajstić information content (AvgIpc) is 2.39. The second-order valence-corrected chi connectivity index (χ2v) is 3.96. The van der Waals surface area contributed by atoms with E-state index in [9.17, 15) is 14.5 Å². The molecule has 0 amide bonds. The Morgan fingerprint density at radius 2 is 2.06 bits per heavy atom. The Labute approximate surface area is 104 Å². The van der Waals surface area contributed by atoms with E-state index in [1.165, 1.54) is 13.2 Å². The van der Waals surface area contributed by atoms with E-state index < -0.39 is 16.5 Å². The predicted octanol–water partition coefficient (Wildman–Crippen LogP) is 2.95. The van der Waals surface area contributed by atoms with Crippen LogP contribution in [0.25, 0.3) is 5.57 Å². The Bertz CT molecular complexity index is 524. The molecule has 94 valence electrons. The van der Waals surface area contributed by atoms with Gasteiger partial charge in [-0.3, -0.25) is 10.1 Å². The number of hydrogen-bond donors (Lipinski definition) is 0. The van der Waals surface area contributed by atoms with E-state index >= 15 is 0 Å². The number of allylic oxidation sites excluding steroid dienone is 2. The molecule has 0 saturated carbocycles. The summed E-state index contributed by atoms with van der Waals surface area (Å²) >= 11 is 0. The van der Waals surface area contributed by atoms with Crippen molar-refractivity contribution in [2.24, 2.45) is 0 Å². The van der Waals surface area contributed by atoms with Crippen LogP contribution >= 0.6 is 0 Å². The van der Waals surface area contributed by atoms with Crippen LogP contribution in [0.2, 0.25) is 0 Å². The molecule has 1 aliphatic rings. The highest BCUT2D eigenvalue weighted by atomic mass is 19.1. The molecular formula is C13H12FNO3. The van der Waals surface area contributed by atoms with Gasteiger partial charge in [0.1, 0.15) is 5.83 Å². The molecule has 0 fully saturated rings. The number of ether oxygens (including phenoxy) is 1. The van der Waals surface area contributed by atoms with Crippen LogP contribution in [0, 0.1) is 10.1 Å². The minimum absolute atomic E-state index is 0.122. The Balaban J connectivity index is 2.57. The number of rotatable bonds is 3. The van der Waals surface area contributed by atoms with Gasteiger partial charge < -0.3 is 4.74 Å². The van der Waals surface area contributed by atoms with Crippen LogP contribution in [-0.4, -0.2) is 17.8 Å². The standard InChI is InChI=1S/C13H12FNO3/c1-18-13(15(16)17)8-7-11(14)9-12(13)10-5-3-2-4-6-10/h2-7,9H,8H2,1H3. The molecule has 0 aromatic heterocycles. The van der Waals surface area contributed by atoms with Gasteiger partial charge in [-0.2, -0.15) is 0 Å². The summed E-state index contributed by atoms with van der Waals surface area (Å²) in [6.45, 7) is 0. The van der Waals surface area contributed by atoms with Gasteiger partial charge in [0.25, 0.3) is 0 Å². The first-order chi connectivity index (χ1) is 8.60. The van der Waals surface area contributed by atoms with Crippen molar-refractivity contribution in [3.63, 3.8) is 0 Å². The molecule has 1 atom stereocenters. The zero-order valence-electron chi connectivity index (χ0n) is 9.80. The lowest BCUT2D eigenvalue weighted by Gasteiger charge is -2.27. The van der Waals surface area contributed by atoms with Gasteiger partial charge in [0.2, 0.25) is 0 Å². The Morgan fingerprint density at radius 1 is 1.39 bits per heavy atom. The predicted molar refractivity (Wildman–Crippen MR) is 65.0 cm³/mol. The van der Waals surface area contributed by atoms with Gasteiger partial charge >= 0.3 is 5.72 Å². The fourth-order valence-corrected chi connectivity index (χ4v) is 2.02. The molecule has 2 rings (SSSR count). The van der Waals surface area contributed by atoms with Crippen LogP contribution in [0.1, 0.15) is 12.0 Å². The van der Waals surface area contributed by atoms with Crippen LogP contribution in [-0.2, 0) is 4.74 Å². The van der Waals surface area contributed by atoms with Crippen molar-refractivity contribution in [2.45, 2.75) is 12.1 Å². The first-order valence-electron chi connectivity index (χ1n) is 5.43. The SMILES string of the molecule is COC1([N+](=O)[O-])CC=C(F)C=C1c1ccccc1. The summed E-state index contributed by atoms with van der Waals surface area (Å²) in [6, 6.07) is 8.67. The van der Waals surface area contributed by atoms with Crippen LogP contribution in [0.5, 0.6) is 0 Å². The number of nitro groups is 1. The van der Waals surface area contributed by atoms with Crippen LogP contribution in [0.4, 0.5) is 4.39 Å². The topological polar surface area (TPSA) is 52.4 Å². The zero-order chi connectivity index (χ0) is 13.2. The fraction of sp³-hybridized carbons (Fsp3) is 0.231. The smallest absolute Gasteiger partial charge is 0.314 e. The molecule has 4 nitrogen and oxygen atoms in total. The lowest BCUT2D eigenvalue weighted by Crippen LogP contribution is -2.42. The molecule has 0 bridgehead atoms. The molecule has 1 aromatic carbocycles. The Kier molecular flexibility index (Phi) is 3.25. The molecule has 0 saturated heterocycles. The molecule has 0 radical (unpaired) electrons. The van der Waals surface area contributed by atoms with E-state index in [-0.39, 0.29) is 12.0 Å². The van der Waals surface area contributed by atoms with E-state index in [1.54, 1.807) is 30.3 Å². The molecule has 0 aliphatic heterocycles. The largest absolute Gasteiger partial charge is 0.355 e. The summed E-state index contributed by atoms with van der Waals surface area (Å²) in [5, 5.41) is 11.3. The summed E-state index contributed by atoms with van der Waals surface area (Å²) in [7, 11) is 1.26. The van der Waals surface area contributed by atoms with Gasteiger partial charge in [-0.1, -0.05) is 30.3 Å². The summed E-state index contributed by atoms with van der Waals surface area (Å²) in [5.74, 6) is -0.483. The number of benzene rings is 1. The van der Waals surface area contributed by atoms with Gasteiger partial charge in [-0.15, -0.1) is 0 Å². The zero-order valence-corrected chi connectivity index (χ0v) is 9.80. The second-order valence-electron chi connectivity index (χ2n) is 3.96. The lowest BCUT2D eigenvalue weighted by atomic mass is 9.89. The van der Waals surface area contributed by atoms with Crippen molar-refractivity contribution in [1.82, 2.24) is 0 Å². The molecule has 0 N–H and O–H groups in total. The quantitative estimate of drug-likeness (QED) is 0.470. The van der Waals surface area contributed by atoms with Gasteiger partial charge in [0, 0.05) is 7.11 Å². The number of nitrogens with zero attached hydrogens (tertiary/aromatic N) is 1. The molecule has 18 heavy (non-hydrogen) atoms. The molecule has 0 spiro atoms. The Morgan fingerprint density at radius 3 is 2.61 bits per heavy atom. The average molecular weight is 249 g/mol. The summed E-state index contributed by atoms with van der Waals surface area (Å²) in [6.07, 6.45) is 2.20. The molecule has 0 heterocycles. The van der Waals surface area contributed by atoms with E-state index in [2.05, 4.69) is 0 Å². The van der Waals surface area contributed by atoms with E-state index in [1.807, 2.05) is 0 Å². The monoisotopic (exact) mass is 249 g/mol. The number of hydrogen-bond acceptors (Lipinski definition) is 3. The number of halogens is 1. The van der Waals surface area contributed by atoms with Crippen molar-refractivity contribution >= 4 is 5.57 Å². The second kappa shape index (κ2) is 4.70. The number of methoxy groups -OCH3 is 1. The third-order valence-electron chi connectivity index (χ3n) is 2.99. The van der Waals surface area contributed by atoms with E-state index in [0.29, 0.717) is 5.56 Å². The van der Waals surface area contributed by atoms with Crippen molar-refractivity contribution in [3.05, 3.63) is 64.0 Å². The first kappa shape index (κ1) is 12.4. The molecule has 1 aromatic rings. The first-order valence-corrected chi connectivity index (χ1v) is 5.43. The van der Waals surface area contributed by atoms with Gasteiger partial charge in [-0.25, -0.2) is 4.39 Å². The normalized spacial score (nSPS) is 23.2. The lowest BCUT2D eigenvalue weighted by molar-refractivity contribution is -0.605. The Hall–Kier alpha value is -2.01. The van der Waals surface area contributed by atoms with Gasteiger partial charge in [-0.05, 0) is 17.7 Å². The van der Waals surface area contributed by atoms with Crippen LogP contribution < -0.4 is 0 Å².